The highest BCUT2D eigenvalue weighted by Gasteiger charge is 2.23. The van der Waals surface area contributed by atoms with Gasteiger partial charge in [-0.25, -0.2) is 4.39 Å². The van der Waals surface area contributed by atoms with Crippen LogP contribution in [0.3, 0.4) is 0 Å². The second-order valence-corrected chi connectivity index (χ2v) is 6.73. The lowest BCUT2D eigenvalue weighted by molar-refractivity contribution is 0.317. The number of aryl methyl sites for hydroxylation is 1. The summed E-state index contributed by atoms with van der Waals surface area (Å²) in [5.41, 5.74) is 0.322. The summed E-state index contributed by atoms with van der Waals surface area (Å²) in [7, 11) is 0. The minimum absolute atomic E-state index is 0.104. The summed E-state index contributed by atoms with van der Waals surface area (Å²) in [4.78, 5) is 17.3. The molecule has 2 heterocycles. The van der Waals surface area contributed by atoms with Gasteiger partial charge >= 0.3 is 0 Å². The minimum atomic E-state index is -0.536. The van der Waals surface area contributed by atoms with Crippen LogP contribution in [0.2, 0.25) is 0 Å². The predicted octanol–water partition coefficient (Wildman–Crippen LogP) is 4.37. The maximum Gasteiger partial charge on any atom is 0.267 e. The molecule has 0 fully saturated rings. The maximum atomic E-state index is 13.7. The fraction of sp³-hybridized carbons (Fsp3) is 0.227. The number of benzene rings is 2. The molecule has 0 amide bonds. The number of hydrogen-bond donors (Lipinski definition) is 1. The van der Waals surface area contributed by atoms with E-state index in [1.54, 1.807) is 31.2 Å². The van der Waals surface area contributed by atoms with E-state index in [4.69, 9.17) is 9.26 Å². The van der Waals surface area contributed by atoms with Gasteiger partial charge in [0.2, 0.25) is 5.82 Å². The van der Waals surface area contributed by atoms with E-state index in [1.165, 1.54) is 22.8 Å². The van der Waals surface area contributed by atoms with Gasteiger partial charge in [-0.05, 0) is 55.8 Å². The summed E-state index contributed by atoms with van der Waals surface area (Å²) in [5, 5.41) is 15.0. The molecule has 7 nitrogen and oxygen atoms in total. The largest absolute Gasteiger partial charge is 0.506 e. The van der Waals surface area contributed by atoms with Crippen LogP contribution in [0.5, 0.6) is 11.5 Å². The highest BCUT2D eigenvalue weighted by Crippen LogP contribution is 2.33. The fourth-order valence-corrected chi connectivity index (χ4v) is 3.28. The van der Waals surface area contributed by atoms with E-state index in [0.717, 1.165) is 12.2 Å². The zero-order valence-corrected chi connectivity index (χ0v) is 16.6. The smallest absolute Gasteiger partial charge is 0.267 e. The molecule has 0 spiro atoms. The quantitative estimate of drug-likeness (QED) is 0.509. The number of nitrogens with zero attached hydrogens (tertiary/aromatic N) is 3. The molecule has 0 saturated carbocycles. The highest BCUT2D eigenvalue weighted by atomic mass is 19.1. The first-order valence-corrected chi connectivity index (χ1v) is 9.65. The molecule has 4 aromatic rings. The van der Waals surface area contributed by atoms with Crippen LogP contribution in [-0.4, -0.2) is 26.4 Å². The van der Waals surface area contributed by atoms with E-state index in [1.807, 2.05) is 6.92 Å². The van der Waals surface area contributed by atoms with Gasteiger partial charge in [-0.3, -0.25) is 4.79 Å². The molecule has 0 unspecified atom stereocenters. The Labute approximate surface area is 171 Å². The number of hydrogen-bond acceptors (Lipinski definition) is 6. The third-order valence-electron chi connectivity index (χ3n) is 4.74. The number of halogens is 1. The van der Waals surface area contributed by atoms with E-state index in [9.17, 15) is 14.3 Å². The molecule has 2 aromatic heterocycles. The number of rotatable bonds is 6. The van der Waals surface area contributed by atoms with Gasteiger partial charge in [0.05, 0.1) is 12.1 Å². The van der Waals surface area contributed by atoms with Crippen molar-refractivity contribution in [1.29, 1.82) is 0 Å². The van der Waals surface area contributed by atoms with E-state index in [0.29, 0.717) is 23.1 Å². The molecule has 0 atom stereocenters. The van der Waals surface area contributed by atoms with Crippen LogP contribution >= 0.6 is 0 Å². The van der Waals surface area contributed by atoms with Crippen molar-refractivity contribution in [3.63, 3.8) is 0 Å². The Bertz CT molecular complexity index is 1260. The van der Waals surface area contributed by atoms with Crippen LogP contribution in [-0.2, 0) is 6.54 Å². The molecule has 0 radical (unpaired) electrons. The highest BCUT2D eigenvalue weighted by molar-refractivity contribution is 5.91. The van der Waals surface area contributed by atoms with Crippen molar-refractivity contribution in [1.82, 2.24) is 14.7 Å². The monoisotopic (exact) mass is 409 g/mol. The number of ether oxygens (including phenoxy) is 1. The molecule has 4 rings (SSSR count). The Morgan fingerprint density at radius 3 is 2.63 bits per heavy atom. The van der Waals surface area contributed by atoms with E-state index in [2.05, 4.69) is 10.1 Å². The first-order valence-electron chi connectivity index (χ1n) is 9.65. The molecule has 0 aliphatic heterocycles. The van der Waals surface area contributed by atoms with E-state index < -0.39 is 11.4 Å². The minimum Gasteiger partial charge on any atom is -0.506 e. The molecular weight excluding hydrogens is 389 g/mol. The van der Waals surface area contributed by atoms with Gasteiger partial charge in [-0.2, -0.15) is 4.98 Å². The van der Waals surface area contributed by atoms with E-state index in [-0.39, 0.29) is 29.6 Å². The van der Waals surface area contributed by atoms with Gasteiger partial charge in [0.1, 0.15) is 22.9 Å². The molecule has 2 aromatic carbocycles. The van der Waals surface area contributed by atoms with Crippen LogP contribution in [0.4, 0.5) is 4.39 Å². The Balaban J connectivity index is 1.78. The molecular formula is C22H20FN3O4. The summed E-state index contributed by atoms with van der Waals surface area (Å²) < 4.78 is 25.9. The average Bonchev–Trinajstić information content (AvgIpc) is 3.22. The molecule has 0 aliphatic carbocycles. The topological polar surface area (TPSA) is 90.4 Å². The average molecular weight is 409 g/mol. The summed E-state index contributed by atoms with van der Waals surface area (Å²) in [5.74, 6) is 0.0794. The van der Waals surface area contributed by atoms with Crippen molar-refractivity contribution < 1.29 is 18.8 Å². The molecule has 0 bridgehead atoms. The van der Waals surface area contributed by atoms with Crippen LogP contribution in [0, 0.1) is 5.82 Å². The zero-order valence-electron chi connectivity index (χ0n) is 16.6. The van der Waals surface area contributed by atoms with Crippen LogP contribution in [0.25, 0.3) is 33.7 Å². The Morgan fingerprint density at radius 1 is 1.17 bits per heavy atom. The zero-order chi connectivity index (χ0) is 21.3. The molecule has 154 valence electrons. The maximum absolute atomic E-state index is 13.7. The Morgan fingerprint density at radius 2 is 1.93 bits per heavy atom. The number of fused-ring (bicyclic) bond motifs is 1. The SMILES string of the molecule is CCCOc1ccc(-c2noc(-c3c(O)c4ccc(F)cc4n(CC)c3=O)n2)cc1. The van der Waals surface area contributed by atoms with Gasteiger partial charge in [-0.1, -0.05) is 12.1 Å². The summed E-state index contributed by atoms with van der Waals surface area (Å²) in [6.45, 7) is 4.70. The standard InChI is InChI=1S/C22H20FN3O4/c1-3-11-29-15-8-5-13(6-9-15)20-24-21(30-25-20)18-19(27)16-10-7-14(23)12-17(16)26(4-2)22(18)28/h5-10,12,27H,3-4,11H2,1-2H3. The van der Waals surface area contributed by atoms with Gasteiger partial charge in [0.15, 0.2) is 0 Å². The molecule has 8 heteroatoms. The fourth-order valence-electron chi connectivity index (χ4n) is 3.28. The van der Waals surface area contributed by atoms with E-state index >= 15 is 0 Å². The lowest BCUT2D eigenvalue weighted by Gasteiger charge is -2.11. The number of aromatic hydroxyl groups is 1. The van der Waals surface area contributed by atoms with Gasteiger partial charge in [0.25, 0.3) is 11.4 Å². The molecule has 0 aliphatic rings. The third-order valence-corrected chi connectivity index (χ3v) is 4.74. The number of pyridine rings is 1. The van der Waals surface area contributed by atoms with Crippen molar-refractivity contribution in [3.8, 4) is 34.3 Å². The molecule has 0 saturated heterocycles. The summed E-state index contributed by atoms with van der Waals surface area (Å²) >= 11 is 0. The van der Waals surface area contributed by atoms with Crippen LogP contribution in [0.1, 0.15) is 20.3 Å². The van der Waals surface area contributed by atoms with Crippen LogP contribution in [0.15, 0.2) is 51.8 Å². The van der Waals surface area contributed by atoms with Crippen molar-refractivity contribution in [3.05, 3.63) is 58.6 Å². The van der Waals surface area contributed by atoms with Gasteiger partial charge < -0.3 is 18.9 Å². The van der Waals surface area contributed by atoms with Gasteiger partial charge in [0, 0.05) is 17.5 Å². The summed E-state index contributed by atoms with van der Waals surface area (Å²) in [6.07, 6.45) is 0.910. The second-order valence-electron chi connectivity index (χ2n) is 6.73. The van der Waals surface area contributed by atoms with Crippen LogP contribution < -0.4 is 10.3 Å². The first kappa shape index (κ1) is 19.6. The predicted molar refractivity (Wildman–Crippen MR) is 110 cm³/mol. The first-order chi connectivity index (χ1) is 14.5. The van der Waals surface area contributed by atoms with Crippen molar-refractivity contribution >= 4 is 10.9 Å². The lowest BCUT2D eigenvalue weighted by Crippen LogP contribution is -2.21. The van der Waals surface area contributed by atoms with Gasteiger partial charge in [-0.15, -0.1) is 0 Å². The van der Waals surface area contributed by atoms with Crippen molar-refractivity contribution in [2.75, 3.05) is 6.61 Å². The summed E-state index contributed by atoms with van der Waals surface area (Å²) in [6, 6.07) is 11.0. The Hall–Kier alpha value is -3.68. The normalized spacial score (nSPS) is 11.2. The van der Waals surface area contributed by atoms with Crippen molar-refractivity contribution in [2.45, 2.75) is 26.8 Å². The lowest BCUT2D eigenvalue weighted by atomic mass is 10.1. The molecule has 30 heavy (non-hydrogen) atoms. The second kappa shape index (κ2) is 7.98. The Kier molecular flexibility index (Phi) is 5.22. The van der Waals surface area contributed by atoms with Crippen molar-refractivity contribution in [2.24, 2.45) is 0 Å². The number of aromatic nitrogens is 3. The third kappa shape index (κ3) is 3.41. The molecule has 1 N–H and O–H groups in total.